The summed E-state index contributed by atoms with van der Waals surface area (Å²) < 4.78 is 6.89. The Morgan fingerprint density at radius 3 is 2.55 bits per heavy atom. The van der Waals surface area contributed by atoms with E-state index in [-0.39, 0.29) is 23.7 Å². The molecule has 7 heteroatoms. The minimum Gasteiger partial charge on any atom is -0.465 e. The summed E-state index contributed by atoms with van der Waals surface area (Å²) >= 11 is 1.40. The van der Waals surface area contributed by atoms with E-state index >= 15 is 0 Å². The Bertz CT molecular complexity index is 603. The number of esters is 1. The maximum atomic E-state index is 12.1. The quantitative estimate of drug-likeness (QED) is 0.793. The molecule has 2 aromatic heterocycles. The molecule has 0 radical (unpaired) electrons. The molecule has 0 bridgehead atoms. The van der Waals surface area contributed by atoms with Gasteiger partial charge in [-0.2, -0.15) is 9.61 Å². The lowest BCUT2D eigenvalue weighted by molar-refractivity contribution is -0.146. The maximum Gasteiger partial charge on any atom is 0.316 e. The van der Waals surface area contributed by atoms with Crippen molar-refractivity contribution in [1.29, 1.82) is 0 Å². The van der Waals surface area contributed by atoms with Crippen molar-refractivity contribution in [1.82, 2.24) is 19.8 Å². The number of carbonyl (C=O) groups is 1. The predicted molar refractivity (Wildman–Crippen MR) is 77.0 cm³/mol. The van der Waals surface area contributed by atoms with Gasteiger partial charge in [0.25, 0.3) is 0 Å². The molecule has 0 aromatic carbocycles. The summed E-state index contributed by atoms with van der Waals surface area (Å²) in [5.41, 5.74) is 0. The topological polar surface area (TPSA) is 69.4 Å². The Labute approximate surface area is 122 Å². The van der Waals surface area contributed by atoms with Gasteiger partial charge in [0, 0.05) is 5.92 Å². The van der Waals surface area contributed by atoms with Gasteiger partial charge in [0.1, 0.15) is 10.9 Å². The molecule has 2 rings (SSSR count). The van der Waals surface area contributed by atoms with Gasteiger partial charge in [0.05, 0.1) is 6.61 Å². The number of hydrogen-bond donors (Lipinski definition) is 0. The van der Waals surface area contributed by atoms with Gasteiger partial charge >= 0.3 is 5.97 Å². The summed E-state index contributed by atoms with van der Waals surface area (Å²) in [5, 5.41) is 13.5. The van der Waals surface area contributed by atoms with Crippen LogP contribution in [0.15, 0.2) is 0 Å². The van der Waals surface area contributed by atoms with Gasteiger partial charge in [0.2, 0.25) is 4.96 Å². The zero-order chi connectivity index (χ0) is 14.9. The molecular formula is C13H20N4O2S. The smallest absolute Gasteiger partial charge is 0.316 e. The third-order valence-electron chi connectivity index (χ3n) is 3.02. The van der Waals surface area contributed by atoms with E-state index in [2.05, 4.69) is 15.3 Å². The van der Waals surface area contributed by atoms with Crippen LogP contribution in [0.3, 0.4) is 0 Å². The highest BCUT2D eigenvalue weighted by atomic mass is 32.1. The minimum absolute atomic E-state index is 0.125. The van der Waals surface area contributed by atoms with Gasteiger partial charge in [-0.1, -0.05) is 39.0 Å². The summed E-state index contributed by atoms with van der Waals surface area (Å²) in [4.78, 5) is 12.8. The molecule has 0 aliphatic carbocycles. The Hall–Kier alpha value is -1.50. The fourth-order valence-electron chi connectivity index (χ4n) is 2.02. The second kappa shape index (κ2) is 5.87. The van der Waals surface area contributed by atoms with Crippen molar-refractivity contribution < 1.29 is 9.53 Å². The molecule has 6 nitrogen and oxygen atoms in total. The Morgan fingerprint density at radius 2 is 2.00 bits per heavy atom. The number of fused-ring (bicyclic) bond motifs is 1. The second-order valence-electron chi connectivity index (χ2n) is 5.32. The molecule has 20 heavy (non-hydrogen) atoms. The van der Waals surface area contributed by atoms with Gasteiger partial charge in [-0.05, 0) is 12.8 Å². The predicted octanol–water partition coefficient (Wildman–Crippen LogP) is 2.61. The van der Waals surface area contributed by atoms with Crippen LogP contribution in [0.4, 0.5) is 0 Å². The zero-order valence-corrected chi connectivity index (χ0v) is 13.3. The first-order valence-electron chi connectivity index (χ1n) is 6.84. The molecule has 0 aliphatic heterocycles. The van der Waals surface area contributed by atoms with Crippen molar-refractivity contribution in [3.8, 4) is 0 Å². The SMILES string of the molecule is CCOC(=O)C(c1nn2c(C(C)C)nnc2s1)C(C)C. The molecule has 0 aliphatic rings. The Kier molecular flexibility index (Phi) is 4.37. The van der Waals surface area contributed by atoms with Crippen LogP contribution in [0.5, 0.6) is 0 Å². The lowest BCUT2D eigenvalue weighted by atomic mass is 9.97. The fraction of sp³-hybridized carbons (Fsp3) is 0.692. The molecule has 0 fully saturated rings. The zero-order valence-electron chi connectivity index (χ0n) is 12.5. The highest BCUT2D eigenvalue weighted by Crippen LogP contribution is 2.30. The average Bonchev–Trinajstić information content (AvgIpc) is 2.87. The number of rotatable bonds is 5. The molecule has 0 saturated heterocycles. The van der Waals surface area contributed by atoms with Crippen molar-refractivity contribution in [2.45, 2.75) is 46.5 Å². The van der Waals surface area contributed by atoms with E-state index in [9.17, 15) is 4.79 Å². The normalized spacial score (nSPS) is 13.3. The van der Waals surface area contributed by atoms with Crippen molar-refractivity contribution in [3.63, 3.8) is 0 Å². The highest BCUT2D eigenvalue weighted by Gasteiger charge is 2.30. The molecule has 0 amide bonds. The van der Waals surface area contributed by atoms with Crippen molar-refractivity contribution in [3.05, 3.63) is 10.8 Å². The van der Waals surface area contributed by atoms with Crippen LogP contribution in [-0.4, -0.2) is 32.4 Å². The molecule has 2 aromatic rings. The van der Waals surface area contributed by atoms with Gasteiger partial charge in [-0.25, -0.2) is 0 Å². The van der Waals surface area contributed by atoms with Gasteiger partial charge in [-0.15, -0.1) is 10.2 Å². The van der Waals surface area contributed by atoms with Crippen molar-refractivity contribution in [2.24, 2.45) is 5.92 Å². The molecular weight excluding hydrogens is 276 g/mol. The fourth-order valence-corrected chi connectivity index (χ4v) is 3.13. The first kappa shape index (κ1) is 14.9. The monoisotopic (exact) mass is 296 g/mol. The Morgan fingerprint density at radius 1 is 1.30 bits per heavy atom. The van der Waals surface area contributed by atoms with Crippen LogP contribution >= 0.6 is 11.3 Å². The van der Waals surface area contributed by atoms with Crippen LogP contribution in [0, 0.1) is 5.92 Å². The van der Waals surface area contributed by atoms with Crippen LogP contribution in [-0.2, 0) is 9.53 Å². The lowest BCUT2D eigenvalue weighted by Gasteiger charge is -2.15. The molecule has 0 saturated carbocycles. The van der Waals surface area contributed by atoms with Crippen LogP contribution in [0.2, 0.25) is 0 Å². The average molecular weight is 296 g/mol. The van der Waals surface area contributed by atoms with Crippen molar-refractivity contribution >= 4 is 22.3 Å². The summed E-state index contributed by atoms with van der Waals surface area (Å²) in [7, 11) is 0. The summed E-state index contributed by atoms with van der Waals surface area (Å²) in [6, 6.07) is 0. The standard InChI is InChI=1S/C13H20N4O2S/c1-6-19-12(18)9(7(2)3)11-16-17-10(8(4)5)14-15-13(17)20-11/h7-9H,6H2,1-5H3. The molecule has 0 spiro atoms. The largest absolute Gasteiger partial charge is 0.465 e. The minimum atomic E-state index is -0.346. The third-order valence-corrected chi connectivity index (χ3v) is 4.00. The molecule has 110 valence electrons. The molecule has 0 N–H and O–H groups in total. The highest BCUT2D eigenvalue weighted by molar-refractivity contribution is 7.16. The summed E-state index contributed by atoms with van der Waals surface area (Å²) in [5.74, 6) is 0.606. The van der Waals surface area contributed by atoms with E-state index in [1.807, 2.05) is 34.6 Å². The Balaban J connectivity index is 2.41. The second-order valence-corrected chi connectivity index (χ2v) is 6.31. The number of ether oxygens (including phenoxy) is 1. The van der Waals surface area contributed by atoms with E-state index in [1.54, 1.807) is 4.52 Å². The van der Waals surface area contributed by atoms with Gasteiger partial charge in [-0.3, -0.25) is 4.79 Å². The maximum absolute atomic E-state index is 12.1. The summed E-state index contributed by atoms with van der Waals surface area (Å²) in [6.07, 6.45) is 0. The van der Waals surface area contributed by atoms with Crippen LogP contribution in [0.1, 0.15) is 57.3 Å². The summed E-state index contributed by atoms with van der Waals surface area (Å²) in [6.45, 7) is 10.3. The number of aromatic nitrogens is 4. The van der Waals surface area contributed by atoms with Crippen molar-refractivity contribution in [2.75, 3.05) is 6.61 Å². The number of nitrogens with zero attached hydrogens (tertiary/aromatic N) is 4. The van der Waals surface area contributed by atoms with E-state index in [4.69, 9.17) is 4.74 Å². The first-order valence-corrected chi connectivity index (χ1v) is 7.66. The van der Waals surface area contributed by atoms with E-state index in [0.29, 0.717) is 6.61 Å². The van der Waals surface area contributed by atoms with Crippen LogP contribution < -0.4 is 0 Å². The molecule has 1 atom stereocenters. The third kappa shape index (κ3) is 2.67. The first-order chi connectivity index (χ1) is 9.45. The number of hydrogen-bond acceptors (Lipinski definition) is 6. The number of carbonyl (C=O) groups excluding carboxylic acids is 1. The molecule has 2 heterocycles. The van der Waals surface area contributed by atoms with Gasteiger partial charge < -0.3 is 4.74 Å². The van der Waals surface area contributed by atoms with E-state index in [1.165, 1.54) is 11.3 Å². The van der Waals surface area contributed by atoms with Gasteiger partial charge in [0.15, 0.2) is 5.82 Å². The van der Waals surface area contributed by atoms with Crippen LogP contribution in [0.25, 0.3) is 4.96 Å². The molecule has 1 unspecified atom stereocenters. The van der Waals surface area contributed by atoms with E-state index < -0.39 is 0 Å². The van der Waals surface area contributed by atoms with E-state index in [0.717, 1.165) is 15.8 Å². The lowest BCUT2D eigenvalue weighted by Crippen LogP contribution is -2.21.